The molecule has 1 aromatic heterocycles. The fraction of sp³-hybridized carbons (Fsp3) is 0.471. The van der Waals surface area contributed by atoms with E-state index in [9.17, 15) is 9.18 Å². The molecule has 1 amide bonds. The van der Waals surface area contributed by atoms with E-state index in [4.69, 9.17) is 4.74 Å². The van der Waals surface area contributed by atoms with E-state index >= 15 is 0 Å². The van der Waals surface area contributed by atoms with E-state index in [0.29, 0.717) is 25.5 Å². The van der Waals surface area contributed by atoms with Gasteiger partial charge in [0.1, 0.15) is 5.82 Å². The average Bonchev–Trinajstić information content (AvgIpc) is 2.89. The first-order valence-corrected chi connectivity index (χ1v) is 7.70. The number of carbonyl (C=O) groups is 1. The van der Waals surface area contributed by atoms with Crippen LogP contribution in [0.15, 0.2) is 24.3 Å². The number of amides is 1. The van der Waals surface area contributed by atoms with Gasteiger partial charge in [-0.3, -0.25) is 4.79 Å². The molecular formula is C17H21FN2O2. The standard InChI is InChI=1S/C17H21FN2O2/c1-20(17(21)7-12-3-2-6-22-11-12)10-15-9-13-8-14(18)4-5-16(13)19-15/h4-5,8-9,12,19H,2-3,6-7,10-11H2,1H3/t12-/m1/s1. The van der Waals surface area contributed by atoms with Gasteiger partial charge < -0.3 is 14.6 Å². The summed E-state index contributed by atoms with van der Waals surface area (Å²) in [4.78, 5) is 17.2. The predicted molar refractivity (Wildman–Crippen MR) is 82.9 cm³/mol. The van der Waals surface area contributed by atoms with Gasteiger partial charge in [-0.25, -0.2) is 4.39 Å². The zero-order valence-electron chi connectivity index (χ0n) is 12.8. The van der Waals surface area contributed by atoms with Crippen molar-refractivity contribution in [2.75, 3.05) is 20.3 Å². The molecule has 0 aliphatic carbocycles. The van der Waals surface area contributed by atoms with Crippen LogP contribution in [0, 0.1) is 11.7 Å². The summed E-state index contributed by atoms with van der Waals surface area (Å²) in [5.74, 6) is 0.209. The summed E-state index contributed by atoms with van der Waals surface area (Å²) in [7, 11) is 1.80. The van der Waals surface area contributed by atoms with Crippen LogP contribution in [0.2, 0.25) is 0 Å². The number of nitrogens with one attached hydrogen (secondary N) is 1. The molecule has 1 atom stereocenters. The van der Waals surface area contributed by atoms with Gasteiger partial charge in [-0.05, 0) is 43.0 Å². The van der Waals surface area contributed by atoms with Crippen LogP contribution in [0.5, 0.6) is 0 Å². The first-order valence-electron chi connectivity index (χ1n) is 7.70. The lowest BCUT2D eigenvalue weighted by Gasteiger charge is -2.24. The van der Waals surface area contributed by atoms with Gasteiger partial charge in [0, 0.05) is 43.3 Å². The number of aromatic nitrogens is 1. The number of H-pyrrole nitrogens is 1. The van der Waals surface area contributed by atoms with Crippen LogP contribution in [-0.2, 0) is 16.1 Å². The quantitative estimate of drug-likeness (QED) is 0.943. The molecule has 0 saturated carbocycles. The molecule has 0 bridgehead atoms. The number of hydrogen-bond donors (Lipinski definition) is 1. The van der Waals surface area contributed by atoms with Crippen molar-refractivity contribution in [3.63, 3.8) is 0 Å². The Labute approximate surface area is 129 Å². The lowest BCUT2D eigenvalue weighted by atomic mass is 9.98. The Bertz CT molecular complexity index is 662. The third kappa shape index (κ3) is 3.47. The molecule has 1 aliphatic rings. The zero-order chi connectivity index (χ0) is 15.5. The summed E-state index contributed by atoms with van der Waals surface area (Å²) in [5, 5.41) is 0.830. The highest BCUT2D eigenvalue weighted by molar-refractivity contribution is 5.81. The van der Waals surface area contributed by atoms with Gasteiger partial charge in [-0.1, -0.05) is 0 Å². The van der Waals surface area contributed by atoms with Crippen LogP contribution in [-0.4, -0.2) is 36.1 Å². The third-order valence-corrected chi connectivity index (χ3v) is 4.19. The Morgan fingerprint density at radius 3 is 3.09 bits per heavy atom. The first-order chi connectivity index (χ1) is 10.6. The lowest BCUT2D eigenvalue weighted by Crippen LogP contribution is -2.30. The predicted octanol–water partition coefficient (Wildman–Crippen LogP) is 3.08. The molecule has 118 valence electrons. The number of ether oxygens (including phenoxy) is 1. The van der Waals surface area contributed by atoms with Crippen molar-refractivity contribution < 1.29 is 13.9 Å². The largest absolute Gasteiger partial charge is 0.381 e. The van der Waals surface area contributed by atoms with Crippen molar-refractivity contribution in [3.8, 4) is 0 Å². The van der Waals surface area contributed by atoms with Gasteiger partial charge >= 0.3 is 0 Å². The highest BCUT2D eigenvalue weighted by atomic mass is 19.1. The number of aromatic amines is 1. The van der Waals surface area contributed by atoms with E-state index in [1.165, 1.54) is 12.1 Å². The van der Waals surface area contributed by atoms with E-state index in [1.54, 1.807) is 18.0 Å². The topological polar surface area (TPSA) is 45.3 Å². The fourth-order valence-electron chi connectivity index (χ4n) is 2.96. The normalized spacial score (nSPS) is 18.5. The summed E-state index contributed by atoms with van der Waals surface area (Å²) >= 11 is 0. The smallest absolute Gasteiger partial charge is 0.223 e. The van der Waals surface area contributed by atoms with Crippen molar-refractivity contribution in [2.45, 2.75) is 25.8 Å². The lowest BCUT2D eigenvalue weighted by molar-refractivity contribution is -0.132. The molecular weight excluding hydrogens is 283 g/mol. The molecule has 5 heteroatoms. The molecule has 2 heterocycles. The molecule has 22 heavy (non-hydrogen) atoms. The van der Waals surface area contributed by atoms with E-state index in [1.807, 2.05) is 6.07 Å². The van der Waals surface area contributed by atoms with Gasteiger partial charge in [0.05, 0.1) is 6.54 Å². The van der Waals surface area contributed by atoms with Crippen LogP contribution < -0.4 is 0 Å². The van der Waals surface area contributed by atoms with Crippen LogP contribution >= 0.6 is 0 Å². The molecule has 0 spiro atoms. The molecule has 0 radical (unpaired) electrons. The van der Waals surface area contributed by atoms with Crippen molar-refractivity contribution >= 4 is 16.8 Å². The third-order valence-electron chi connectivity index (χ3n) is 4.19. The summed E-state index contributed by atoms with van der Waals surface area (Å²) in [6.07, 6.45) is 2.63. The van der Waals surface area contributed by atoms with Crippen LogP contribution in [0.4, 0.5) is 4.39 Å². The monoisotopic (exact) mass is 304 g/mol. The SMILES string of the molecule is CN(Cc1cc2cc(F)ccc2[nH]1)C(=O)C[C@H]1CCCOC1. The van der Waals surface area contributed by atoms with Gasteiger partial charge in [-0.15, -0.1) is 0 Å². The van der Waals surface area contributed by atoms with Crippen molar-refractivity contribution in [1.82, 2.24) is 9.88 Å². The second kappa shape index (κ2) is 6.48. The van der Waals surface area contributed by atoms with Gasteiger partial charge in [-0.2, -0.15) is 0 Å². The summed E-state index contributed by atoms with van der Waals surface area (Å²) in [6, 6.07) is 6.54. The molecule has 2 aromatic rings. The van der Waals surface area contributed by atoms with Crippen LogP contribution in [0.25, 0.3) is 10.9 Å². The van der Waals surface area contributed by atoms with Gasteiger partial charge in [0.25, 0.3) is 0 Å². The number of halogens is 1. The number of rotatable bonds is 4. The molecule has 1 saturated heterocycles. The molecule has 4 nitrogen and oxygen atoms in total. The molecule has 0 unspecified atom stereocenters. The molecule has 1 aliphatic heterocycles. The Balaban J connectivity index is 1.61. The van der Waals surface area contributed by atoms with E-state index in [-0.39, 0.29) is 11.7 Å². The number of carbonyl (C=O) groups excluding carboxylic acids is 1. The highest BCUT2D eigenvalue weighted by Gasteiger charge is 2.20. The summed E-state index contributed by atoms with van der Waals surface area (Å²) in [6.45, 7) is 2.00. The molecule has 3 rings (SSSR count). The summed E-state index contributed by atoms with van der Waals surface area (Å²) in [5.41, 5.74) is 1.80. The molecule has 1 N–H and O–H groups in total. The number of fused-ring (bicyclic) bond motifs is 1. The number of benzene rings is 1. The Morgan fingerprint density at radius 2 is 2.32 bits per heavy atom. The van der Waals surface area contributed by atoms with Crippen molar-refractivity contribution in [2.24, 2.45) is 5.92 Å². The fourth-order valence-corrected chi connectivity index (χ4v) is 2.96. The van der Waals surface area contributed by atoms with Crippen molar-refractivity contribution in [3.05, 3.63) is 35.8 Å². The van der Waals surface area contributed by atoms with E-state index in [0.717, 1.165) is 36.0 Å². The number of nitrogens with zero attached hydrogens (tertiary/aromatic N) is 1. The average molecular weight is 304 g/mol. The van der Waals surface area contributed by atoms with Gasteiger partial charge in [0.2, 0.25) is 5.91 Å². The zero-order valence-corrected chi connectivity index (χ0v) is 12.8. The van der Waals surface area contributed by atoms with Gasteiger partial charge in [0.15, 0.2) is 0 Å². The maximum atomic E-state index is 13.2. The minimum Gasteiger partial charge on any atom is -0.381 e. The molecule has 1 aromatic carbocycles. The summed E-state index contributed by atoms with van der Waals surface area (Å²) < 4.78 is 18.6. The Morgan fingerprint density at radius 1 is 1.45 bits per heavy atom. The Kier molecular flexibility index (Phi) is 4.43. The maximum absolute atomic E-state index is 13.2. The van der Waals surface area contributed by atoms with Crippen molar-refractivity contribution in [1.29, 1.82) is 0 Å². The highest BCUT2D eigenvalue weighted by Crippen LogP contribution is 2.20. The minimum atomic E-state index is -0.250. The van der Waals surface area contributed by atoms with Crippen LogP contribution in [0.1, 0.15) is 25.0 Å². The Hall–Kier alpha value is -1.88. The number of hydrogen-bond acceptors (Lipinski definition) is 2. The van der Waals surface area contributed by atoms with E-state index < -0.39 is 0 Å². The molecule has 1 fully saturated rings. The van der Waals surface area contributed by atoms with E-state index in [2.05, 4.69) is 4.98 Å². The first kappa shape index (κ1) is 15.0. The maximum Gasteiger partial charge on any atom is 0.223 e. The second-order valence-electron chi connectivity index (χ2n) is 6.06. The second-order valence-corrected chi connectivity index (χ2v) is 6.06. The minimum absolute atomic E-state index is 0.125. The van der Waals surface area contributed by atoms with Crippen LogP contribution in [0.3, 0.4) is 0 Å².